The van der Waals surface area contributed by atoms with Crippen molar-refractivity contribution in [3.63, 3.8) is 0 Å². The van der Waals surface area contributed by atoms with Gasteiger partial charge in [-0.2, -0.15) is 0 Å². The van der Waals surface area contributed by atoms with E-state index in [1.54, 1.807) is 11.3 Å². The highest BCUT2D eigenvalue weighted by molar-refractivity contribution is 7.10. The number of hydrogen-bond acceptors (Lipinski definition) is 3. The molecule has 3 rings (SSSR count). The van der Waals surface area contributed by atoms with Gasteiger partial charge in [-0.3, -0.25) is 10.1 Å². The summed E-state index contributed by atoms with van der Waals surface area (Å²) in [6.07, 6.45) is 2.49. The second-order valence-electron chi connectivity index (χ2n) is 5.93. The third kappa shape index (κ3) is 3.96. The van der Waals surface area contributed by atoms with Gasteiger partial charge in [-0.1, -0.05) is 36.4 Å². The molecular weight excluding hydrogens is 292 g/mol. The molecule has 2 aromatic rings. The molecule has 0 unspecified atom stereocenters. The Balaban J connectivity index is 1.62. The average Bonchev–Trinajstić information content (AvgIpc) is 3.25. The predicted octanol–water partition coefficient (Wildman–Crippen LogP) is 3.34. The fourth-order valence-electron chi connectivity index (χ4n) is 2.70. The first-order valence-electron chi connectivity index (χ1n) is 7.85. The highest BCUT2D eigenvalue weighted by Gasteiger charge is 2.28. The molecule has 1 saturated carbocycles. The van der Waals surface area contributed by atoms with Crippen LogP contribution in [0, 0.1) is 5.92 Å². The molecule has 1 fully saturated rings. The molecule has 3 nitrogen and oxygen atoms in total. The summed E-state index contributed by atoms with van der Waals surface area (Å²) in [6.45, 7) is 2.44. The van der Waals surface area contributed by atoms with Gasteiger partial charge < -0.3 is 5.32 Å². The lowest BCUT2D eigenvalue weighted by Gasteiger charge is -2.19. The van der Waals surface area contributed by atoms with Crippen molar-refractivity contribution in [1.82, 2.24) is 10.6 Å². The van der Waals surface area contributed by atoms with Gasteiger partial charge in [0.2, 0.25) is 5.91 Å². The highest BCUT2D eigenvalue weighted by Crippen LogP contribution is 2.32. The summed E-state index contributed by atoms with van der Waals surface area (Å²) < 4.78 is 0. The van der Waals surface area contributed by atoms with Crippen molar-refractivity contribution in [2.75, 3.05) is 6.54 Å². The minimum Gasteiger partial charge on any atom is -0.352 e. The molecule has 1 aromatic carbocycles. The molecular formula is C18H22N2OS. The highest BCUT2D eigenvalue weighted by atomic mass is 32.1. The van der Waals surface area contributed by atoms with Gasteiger partial charge in [0.1, 0.15) is 0 Å². The molecule has 0 radical (unpaired) electrons. The van der Waals surface area contributed by atoms with Crippen LogP contribution in [0.4, 0.5) is 0 Å². The minimum atomic E-state index is 0.0724. The van der Waals surface area contributed by atoms with Crippen LogP contribution in [0.15, 0.2) is 47.8 Å². The maximum Gasteiger partial charge on any atom is 0.234 e. The first-order chi connectivity index (χ1) is 10.7. The summed E-state index contributed by atoms with van der Waals surface area (Å²) in [6, 6.07) is 14.8. The summed E-state index contributed by atoms with van der Waals surface area (Å²) in [5.74, 6) is 0.767. The summed E-state index contributed by atoms with van der Waals surface area (Å²) >= 11 is 1.71. The number of carbonyl (C=O) groups excluding carboxylic acids is 1. The third-order valence-corrected chi connectivity index (χ3v) is 5.08. The Morgan fingerprint density at radius 2 is 2.00 bits per heavy atom. The van der Waals surface area contributed by atoms with E-state index in [0.29, 0.717) is 18.5 Å². The van der Waals surface area contributed by atoms with Crippen LogP contribution in [0.5, 0.6) is 0 Å². The number of nitrogens with one attached hydrogen (secondary N) is 2. The van der Waals surface area contributed by atoms with Crippen LogP contribution in [0.1, 0.15) is 36.2 Å². The molecule has 2 N–H and O–H groups in total. The molecule has 1 aromatic heterocycles. The van der Waals surface area contributed by atoms with Gasteiger partial charge in [0.15, 0.2) is 0 Å². The molecule has 1 amide bonds. The maximum absolute atomic E-state index is 12.1. The zero-order chi connectivity index (χ0) is 15.4. The molecule has 1 aliphatic carbocycles. The Morgan fingerprint density at radius 1 is 1.23 bits per heavy atom. The van der Waals surface area contributed by atoms with E-state index < -0.39 is 0 Å². The Kier molecular flexibility index (Phi) is 4.90. The van der Waals surface area contributed by atoms with Gasteiger partial charge in [0, 0.05) is 10.9 Å². The van der Waals surface area contributed by atoms with E-state index >= 15 is 0 Å². The summed E-state index contributed by atoms with van der Waals surface area (Å²) in [5.41, 5.74) is 1.19. The number of benzene rings is 1. The van der Waals surface area contributed by atoms with Crippen molar-refractivity contribution in [3.05, 3.63) is 58.3 Å². The van der Waals surface area contributed by atoms with Crippen molar-refractivity contribution in [1.29, 1.82) is 0 Å². The lowest BCUT2D eigenvalue weighted by Crippen LogP contribution is -2.41. The smallest absolute Gasteiger partial charge is 0.234 e. The van der Waals surface area contributed by atoms with Crippen LogP contribution in [0.25, 0.3) is 0 Å². The number of rotatable bonds is 7. The Morgan fingerprint density at radius 3 is 2.64 bits per heavy atom. The van der Waals surface area contributed by atoms with E-state index in [1.165, 1.54) is 23.3 Å². The van der Waals surface area contributed by atoms with Crippen molar-refractivity contribution < 1.29 is 4.79 Å². The molecule has 0 bridgehead atoms. The van der Waals surface area contributed by atoms with Crippen LogP contribution in [0.2, 0.25) is 0 Å². The standard InChI is InChI=1S/C18H22N2OS/c1-13(14-9-10-14)20-17(21)12-19-18(16-8-5-11-22-16)15-6-3-2-4-7-15/h2-8,11,13-14,18-19H,9-10,12H2,1H3,(H,20,21)/t13-,18-/m1/s1. The Labute approximate surface area is 135 Å². The van der Waals surface area contributed by atoms with Gasteiger partial charge in [0.05, 0.1) is 12.6 Å². The third-order valence-electron chi connectivity index (χ3n) is 4.15. The molecule has 22 heavy (non-hydrogen) atoms. The summed E-state index contributed by atoms with van der Waals surface area (Å²) in [5, 5.41) is 8.57. The SMILES string of the molecule is C[C@@H](NC(=O)CN[C@H](c1ccccc1)c1cccs1)C1CC1. The second kappa shape index (κ2) is 7.07. The molecule has 2 atom stereocenters. The quantitative estimate of drug-likeness (QED) is 0.823. The summed E-state index contributed by atoms with van der Waals surface area (Å²) in [7, 11) is 0. The first-order valence-corrected chi connectivity index (χ1v) is 8.73. The Bertz CT molecular complexity index is 593. The van der Waals surface area contributed by atoms with Crippen molar-refractivity contribution in [2.24, 2.45) is 5.92 Å². The van der Waals surface area contributed by atoms with Crippen molar-refractivity contribution >= 4 is 17.2 Å². The number of hydrogen-bond donors (Lipinski definition) is 2. The summed E-state index contributed by atoms with van der Waals surface area (Å²) in [4.78, 5) is 13.4. The van der Waals surface area contributed by atoms with Crippen molar-refractivity contribution in [3.8, 4) is 0 Å². The van der Waals surface area contributed by atoms with Gasteiger partial charge in [-0.05, 0) is 42.7 Å². The van der Waals surface area contributed by atoms with E-state index in [-0.39, 0.29) is 11.9 Å². The monoisotopic (exact) mass is 314 g/mol. The molecule has 0 aliphatic heterocycles. The van der Waals surface area contributed by atoms with Gasteiger partial charge >= 0.3 is 0 Å². The molecule has 4 heteroatoms. The van der Waals surface area contributed by atoms with Crippen LogP contribution in [-0.4, -0.2) is 18.5 Å². The van der Waals surface area contributed by atoms with Gasteiger partial charge in [-0.25, -0.2) is 0 Å². The predicted molar refractivity (Wildman–Crippen MR) is 90.9 cm³/mol. The molecule has 1 heterocycles. The fourth-order valence-corrected chi connectivity index (χ4v) is 3.52. The minimum absolute atomic E-state index is 0.0724. The average molecular weight is 314 g/mol. The van der Waals surface area contributed by atoms with E-state index in [1.807, 2.05) is 24.3 Å². The second-order valence-corrected chi connectivity index (χ2v) is 6.91. The van der Waals surface area contributed by atoms with Crippen LogP contribution in [0.3, 0.4) is 0 Å². The lowest BCUT2D eigenvalue weighted by atomic mass is 10.1. The number of thiophene rings is 1. The number of amides is 1. The molecule has 116 valence electrons. The first kappa shape index (κ1) is 15.3. The molecule has 0 saturated heterocycles. The van der Waals surface area contributed by atoms with Crippen LogP contribution in [-0.2, 0) is 4.79 Å². The van der Waals surface area contributed by atoms with Gasteiger partial charge in [-0.15, -0.1) is 11.3 Å². The van der Waals surface area contributed by atoms with Crippen LogP contribution < -0.4 is 10.6 Å². The van der Waals surface area contributed by atoms with E-state index in [0.717, 1.165) is 0 Å². The molecule has 1 aliphatic rings. The lowest BCUT2D eigenvalue weighted by molar-refractivity contribution is -0.121. The normalized spacial score (nSPS) is 17.0. The topological polar surface area (TPSA) is 41.1 Å². The number of carbonyl (C=O) groups is 1. The maximum atomic E-state index is 12.1. The fraction of sp³-hybridized carbons (Fsp3) is 0.389. The van der Waals surface area contributed by atoms with E-state index in [4.69, 9.17) is 0 Å². The van der Waals surface area contributed by atoms with Crippen LogP contribution >= 0.6 is 11.3 Å². The van der Waals surface area contributed by atoms with Crippen molar-refractivity contribution in [2.45, 2.75) is 31.8 Å². The zero-order valence-electron chi connectivity index (χ0n) is 12.8. The Hall–Kier alpha value is -1.65. The zero-order valence-corrected chi connectivity index (χ0v) is 13.6. The van der Waals surface area contributed by atoms with E-state index in [2.05, 4.69) is 41.1 Å². The largest absolute Gasteiger partial charge is 0.352 e. The van der Waals surface area contributed by atoms with E-state index in [9.17, 15) is 4.79 Å². The molecule has 0 spiro atoms. The van der Waals surface area contributed by atoms with Gasteiger partial charge in [0.25, 0.3) is 0 Å².